The maximum Gasteiger partial charge on any atom is 0.233 e. The van der Waals surface area contributed by atoms with Crippen LogP contribution in [-0.4, -0.2) is 11.8 Å². The Hall–Kier alpha value is -2.62. The molecule has 4 nitrogen and oxygen atoms in total. The van der Waals surface area contributed by atoms with Gasteiger partial charge in [-0.1, -0.05) is 37.3 Å². The Balaban J connectivity index is 2.02. The van der Waals surface area contributed by atoms with Gasteiger partial charge in [-0.2, -0.15) is 0 Å². The largest absolute Gasteiger partial charge is 0.325 e. The third-order valence-electron chi connectivity index (χ3n) is 3.99. The zero-order chi connectivity index (χ0) is 17.7. The van der Waals surface area contributed by atoms with Gasteiger partial charge in [-0.25, -0.2) is 0 Å². The van der Waals surface area contributed by atoms with Crippen LogP contribution in [0.1, 0.15) is 35.6 Å². The highest BCUT2D eigenvalue weighted by molar-refractivity contribution is 6.08. The maximum absolute atomic E-state index is 12.2. The number of carbonyl (C=O) groups excluding carboxylic acids is 2. The summed E-state index contributed by atoms with van der Waals surface area (Å²) >= 11 is 0. The van der Waals surface area contributed by atoms with Crippen molar-refractivity contribution in [2.45, 2.75) is 40.5 Å². The molecule has 0 spiro atoms. The molecule has 2 aromatic carbocycles. The van der Waals surface area contributed by atoms with Gasteiger partial charge >= 0.3 is 0 Å². The Kier molecular flexibility index (Phi) is 5.74. The van der Waals surface area contributed by atoms with E-state index in [1.807, 2.05) is 64.1 Å². The van der Waals surface area contributed by atoms with Gasteiger partial charge in [0.1, 0.15) is 6.42 Å². The van der Waals surface area contributed by atoms with Gasteiger partial charge in [0, 0.05) is 11.4 Å². The van der Waals surface area contributed by atoms with Crippen LogP contribution < -0.4 is 10.6 Å². The number of carbonyl (C=O) groups is 2. The molecule has 0 aliphatic carbocycles. The van der Waals surface area contributed by atoms with Gasteiger partial charge in [0.15, 0.2) is 0 Å². The molecule has 126 valence electrons. The van der Waals surface area contributed by atoms with E-state index in [1.54, 1.807) is 0 Å². The normalized spacial score (nSPS) is 10.3. The molecule has 0 heterocycles. The molecule has 0 bridgehead atoms. The molecule has 2 rings (SSSR count). The van der Waals surface area contributed by atoms with E-state index in [-0.39, 0.29) is 18.2 Å². The van der Waals surface area contributed by atoms with Crippen LogP contribution in [0.3, 0.4) is 0 Å². The Bertz CT molecular complexity index is 766. The lowest BCUT2D eigenvalue weighted by Gasteiger charge is -2.13. The quantitative estimate of drug-likeness (QED) is 0.812. The van der Waals surface area contributed by atoms with Crippen molar-refractivity contribution in [3.8, 4) is 0 Å². The molecular weight excluding hydrogens is 300 g/mol. The predicted molar refractivity (Wildman–Crippen MR) is 98.3 cm³/mol. The molecule has 0 saturated carbocycles. The molecule has 0 aromatic heterocycles. The van der Waals surface area contributed by atoms with Crippen LogP contribution in [0.2, 0.25) is 0 Å². The molecule has 2 N–H and O–H groups in total. The van der Waals surface area contributed by atoms with Crippen LogP contribution in [0.4, 0.5) is 11.4 Å². The topological polar surface area (TPSA) is 58.2 Å². The van der Waals surface area contributed by atoms with E-state index < -0.39 is 0 Å². The Morgan fingerprint density at radius 2 is 1.62 bits per heavy atom. The van der Waals surface area contributed by atoms with Crippen LogP contribution in [0.15, 0.2) is 36.4 Å². The van der Waals surface area contributed by atoms with Crippen molar-refractivity contribution in [2.24, 2.45) is 0 Å². The first kappa shape index (κ1) is 17.7. The summed E-state index contributed by atoms with van der Waals surface area (Å²) < 4.78 is 0. The molecule has 0 aliphatic heterocycles. The number of para-hydroxylation sites is 1. The zero-order valence-electron chi connectivity index (χ0n) is 14.7. The standard InChI is InChI=1S/C20H24N2O2/c1-5-16-8-6-7-15(4)20(16)22-19(24)12-18(23)21-17-11-13(2)9-10-14(17)3/h6-11H,5,12H2,1-4H3,(H,21,23)(H,22,24). The van der Waals surface area contributed by atoms with Crippen molar-refractivity contribution in [3.05, 3.63) is 58.7 Å². The van der Waals surface area contributed by atoms with Crippen LogP contribution in [0.5, 0.6) is 0 Å². The Labute approximate surface area is 143 Å². The van der Waals surface area contributed by atoms with Crippen molar-refractivity contribution in [1.29, 1.82) is 0 Å². The average Bonchev–Trinajstić information content (AvgIpc) is 2.52. The average molecular weight is 324 g/mol. The summed E-state index contributed by atoms with van der Waals surface area (Å²) in [5.74, 6) is -0.616. The number of anilines is 2. The highest BCUT2D eigenvalue weighted by atomic mass is 16.2. The lowest BCUT2D eigenvalue weighted by Crippen LogP contribution is -2.22. The van der Waals surface area contributed by atoms with E-state index in [1.165, 1.54) is 0 Å². The number of aryl methyl sites for hydroxylation is 4. The van der Waals surface area contributed by atoms with Gasteiger partial charge in [0.25, 0.3) is 0 Å². The van der Waals surface area contributed by atoms with Crippen molar-refractivity contribution in [1.82, 2.24) is 0 Å². The molecule has 24 heavy (non-hydrogen) atoms. The summed E-state index contributed by atoms with van der Waals surface area (Å²) in [5.41, 5.74) is 5.66. The number of amides is 2. The van der Waals surface area contributed by atoms with E-state index in [9.17, 15) is 9.59 Å². The second-order valence-corrected chi connectivity index (χ2v) is 6.05. The fourth-order valence-electron chi connectivity index (χ4n) is 2.60. The van der Waals surface area contributed by atoms with Crippen LogP contribution in [-0.2, 0) is 16.0 Å². The fourth-order valence-corrected chi connectivity index (χ4v) is 2.60. The summed E-state index contributed by atoms with van der Waals surface area (Å²) in [6.45, 7) is 7.88. The number of hydrogen-bond acceptors (Lipinski definition) is 2. The first-order valence-electron chi connectivity index (χ1n) is 8.16. The monoisotopic (exact) mass is 324 g/mol. The van der Waals surface area contributed by atoms with Crippen molar-refractivity contribution in [3.63, 3.8) is 0 Å². The summed E-state index contributed by atoms with van der Waals surface area (Å²) in [4.78, 5) is 24.4. The molecule has 0 atom stereocenters. The van der Waals surface area contributed by atoms with E-state index >= 15 is 0 Å². The molecule has 0 radical (unpaired) electrons. The lowest BCUT2D eigenvalue weighted by atomic mass is 10.1. The van der Waals surface area contributed by atoms with Crippen LogP contribution >= 0.6 is 0 Å². The Morgan fingerprint density at radius 1 is 0.917 bits per heavy atom. The molecule has 2 amide bonds. The van der Waals surface area contributed by atoms with Crippen molar-refractivity contribution < 1.29 is 9.59 Å². The summed E-state index contributed by atoms with van der Waals surface area (Å²) in [5, 5.41) is 5.68. The fraction of sp³-hybridized carbons (Fsp3) is 0.300. The molecule has 0 unspecified atom stereocenters. The van der Waals surface area contributed by atoms with Crippen LogP contribution in [0, 0.1) is 20.8 Å². The number of benzene rings is 2. The van der Waals surface area contributed by atoms with Crippen LogP contribution in [0.25, 0.3) is 0 Å². The van der Waals surface area contributed by atoms with Gasteiger partial charge in [-0.3, -0.25) is 9.59 Å². The highest BCUT2D eigenvalue weighted by Gasteiger charge is 2.13. The lowest BCUT2D eigenvalue weighted by molar-refractivity contribution is -0.123. The molecule has 0 saturated heterocycles. The second-order valence-electron chi connectivity index (χ2n) is 6.05. The van der Waals surface area contributed by atoms with Gasteiger partial charge < -0.3 is 10.6 Å². The maximum atomic E-state index is 12.2. The third kappa shape index (κ3) is 4.44. The Morgan fingerprint density at radius 3 is 2.33 bits per heavy atom. The minimum atomic E-state index is -0.312. The van der Waals surface area contributed by atoms with E-state index in [2.05, 4.69) is 10.6 Å². The molecule has 4 heteroatoms. The molecule has 2 aromatic rings. The molecule has 0 aliphatic rings. The second kappa shape index (κ2) is 7.77. The highest BCUT2D eigenvalue weighted by Crippen LogP contribution is 2.21. The van der Waals surface area contributed by atoms with Crippen molar-refractivity contribution >= 4 is 23.2 Å². The first-order chi connectivity index (χ1) is 11.4. The smallest absolute Gasteiger partial charge is 0.233 e. The molecule has 0 fully saturated rings. The van der Waals surface area contributed by atoms with Gasteiger partial charge in [0.2, 0.25) is 11.8 Å². The predicted octanol–water partition coefficient (Wildman–Crippen LogP) is 4.14. The molecular formula is C20H24N2O2. The minimum absolute atomic E-state index is 0.204. The van der Waals surface area contributed by atoms with Gasteiger partial charge in [-0.15, -0.1) is 0 Å². The number of hydrogen-bond donors (Lipinski definition) is 2. The van der Waals surface area contributed by atoms with E-state index in [0.29, 0.717) is 0 Å². The SMILES string of the molecule is CCc1cccc(C)c1NC(=O)CC(=O)Nc1cc(C)ccc1C. The number of nitrogens with one attached hydrogen (secondary N) is 2. The first-order valence-corrected chi connectivity index (χ1v) is 8.16. The summed E-state index contributed by atoms with van der Waals surface area (Å²) in [6.07, 6.45) is 0.622. The van der Waals surface area contributed by atoms with Gasteiger partial charge in [-0.05, 0) is 55.5 Å². The van der Waals surface area contributed by atoms with Gasteiger partial charge in [0.05, 0.1) is 0 Å². The third-order valence-corrected chi connectivity index (χ3v) is 3.99. The van der Waals surface area contributed by atoms with E-state index in [0.717, 1.165) is 40.0 Å². The summed E-state index contributed by atoms with van der Waals surface area (Å²) in [6, 6.07) is 11.7. The number of rotatable bonds is 5. The summed E-state index contributed by atoms with van der Waals surface area (Å²) in [7, 11) is 0. The van der Waals surface area contributed by atoms with E-state index in [4.69, 9.17) is 0 Å². The zero-order valence-corrected chi connectivity index (χ0v) is 14.7. The van der Waals surface area contributed by atoms with Crippen molar-refractivity contribution in [2.75, 3.05) is 10.6 Å². The minimum Gasteiger partial charge on any atom is -0.325 e.